The van der Waals surface area contributed by atoms with Gasteiger partial charge in [0.2, 0.25) is 0 Å². The third-order valence-electron chi connectivity index (χ3n) is 2.27. The van der Waals surface area contributed by atoms with E-state index in [4.69, 9.17) is 10.00 Å². The van der Waals surface area contributed by atoms with Gasteiger partial charge < -0.3 is 4.74 Å². The highest BCUT2D eigenvalue weighted by Gasteiger charge is 2.11. The third kappa shape index (κ3) is 2.76. The van der Waals surface area contributed by atoms with Crippen LogP contribution in [0, 0.1) is 11.3 Å². The van der Waals surface area contributed by atoms with Crippen LogP contribution in [0.4, 0.5) is 0 Å². The molecule has 0 aliphatic heterocycles. The minimum atomic E-state index is -0.487. The second kappa shape index (κ2) is 5.48. The van der Waals surface area contributed by atoms with Crippen molar-refractivity contribution in [2.45, 2.75) is 0 Å². The van der Waals surface area contributed by atoms with E-state index in [-0.39, 0.29) is 5.75 Å². The molecule has 0 aliphatic carbocycles. The van der Waals surface area contributed by atoms with Gasteiger partial charge in [0, 0.05) is 4.47 Å². The molecule has 2 aromatic rings. The molecule has 0 heterocycles. The summed E-state index contributed by atoms with van der Waals surface area (Å²) < 4.78 is 5.99. The Kier molecular flexibility index (Phi) is 3.75. The van der Waals surface area contributed by atoms with E-state index in [1.54, 1.807) is 42.5 Å². The summed E-state index contributed by atoms with van der Waals surface area (Å²) in [5, 5.41) is 8.90. The maximum atomic E-state index is 11.9. The van der Waals surface area contributed by atoms with Crippen LogP contribution in [0.15, 0.2) is 53.0 Å². The highest BCUT2D eigenvalue weighted by molar-refractivity contribution is 9.10. The molecule has 0 N–H and O–H groups in total. The van der Waals surface area contributed by atoms with E-state index in [9.17, 15) is 4.79 Å². The lowest BCUT2D eigenvalue weighted by Gasteiger charge is -2.05. The molecule has 0 saturated carbocycles. The summed E-state index contributed by atoms with van der Waals surface area (Å²) in [5.41, 5.74) is 0.762. The number of carbonyl (C=O) groups excluding carboxylic acids is 1. The van der Waals surface area contributed by atoms with Crippen molar-refractivity contribution in [1.29, 1.82) is 5.26 Å². The number of rotatable bonds is 2. The van der Waals surface area contributed by atoms with E-state index >= 15 is 0 Å². The van der Waals surface area contributed by atoms with Gasteiger partial charge in [-0.25, -0.2) is 4.79 Å². The van der Waals surface area contributed by atoms with Gasteiger partial charge in [0.15, 0.2) is 0 Å². The Morgan fingerprint density at radius 2 is 1.94 bits per heavy atom. The van der Waals surface area contributed by atoms with Crippen molar-refractivity contribution < 1.29 is 9.53 Å². The molecule has 18 heavy (non-hydrogen) atoms. The maximum absolute atomic E-state index is 11.9. The topological polar surface area (TPSA) is 50.1 Å². The molecule has 0 fully saturated rings. The van der Waals surface area contributed by atoms with Crippen LogP contribution in [-0.4, -0.2) is 5.97 Å². The molecule has 0 spiro atoms. The molecule has 0 amide bonds. The third-order valence-corrected chi connectivity index (χ3v) is 2.76. The molecule has 0 bridgehead atoms. The Hall–Kier alpha value is -2.12. The molecule has 2 rings (SSSR count). The SMILES string of the molecule is N#Cc1ccccc1OC(=O)c1cccc(Br)c1. The summed E-state index contributed by atoms with van der Waals surface area (Å²) in [7, 11) is 0. The normalized spacial score (nSPS) is 9.56. The fourth-order valence-corrected chi connectivity index (χ4v) is 1.82. The summed E-state index contributed by atoms with van der Waals surface area (Å²) in [6.45, 7) is 0. The quantitative estimate of drug-likeness (QED) is 0.630. The van der Waals surface area contributed by atoms with Crippen LogP contribution < -0.4 is 4.74 Å². The van der Waals surface area contributed by atoms with Crippen molar-refractivity contribution in [3.8, 4) is 11.8 Å². The molecule has 0 radical (unpaired) electrons. The highest BCUT2D eigenvalue weighted by Crippen LogP contribution is 2.19. The van der Waals surface area contributed by atoms with Crippen molar-refractivity contribution in [2.75, 3.05) is 0 Å². The molecule has 0 aromatic heterocycles. The summed E-state index contributed by atoms with van der Waals surface area (Å²) >= 11 is 3.28. The molecule has 3 nitrogen and oxygen atoms in total. The molecule has 0 unspecified atom stereocenters. The lowest BCUT2D eigenvalue weighted by atomic mass is 10.2. The average molecular weight is 302 g/mol. The molecular formula is C14H8BrNO2. The van der Waals surface area contributed by atoms with Crippen LogP contribution >= 0.6 is 15.9 Å². The Balaban J connectivity index is 2.25. The minimum Gasteiger partial charge on any atom is -0.422 e. The van der Waals surface area contributed by atoms with Crippen molar-refractivity contribution in [1.82, 2.24) is 0 Å². The monoisotopic (exact) mass is 301 g/mol. The summed E-state index contributed by atoms with van der Waals surface area (Å²) in [6, 6.07) is 15.5. The van der Waals surface area contributed by atoms with Gasteiger partial charge in [0.1, 0.15) is 11.8 Å². The second-order valence-electron chi connectivity index (χ2n) is 3.51. The Labute approximate surface area is 113 Å². The largest absolute Gasteiger partial charge is 0.422 e. The number of hydrogen-bond donors (Lipinski definition) is 0. The van der Waals surface area contributed by atoms with Crippen LogP contribution in [-0.2, 0) is 0 Å². The molecule has 4 heteroatoms. The van der Waals surface area contributed by atoms with Gasteiger partial charge in [-0.2, -0.15) is 5.26 Å². The summed E-state index contributed by atoms with van der Waals surface area (Å²) in [6.07, 6.45) is 0. The molecule has 2 aromatic carbocycles. The number of nitrogens with zero attached hydrogens (tertiary/aromatic N) is 1. The molecule has 0 saturated heterocycles. The number of hydrogen-bond acceptors (Lipinski definition) is 3. The van der Waals surface area contributed by atoms with Crippen molar-refractivity contribution >= 4 is 21.9 Å². The lowest BCUT2D eigenvalue weighted by molar-refractivity contribution is 0.0734. The zero-order chi connectivity index (χ0) is 13.0. The Morgan fingerprint density at radius 1 is 1.17 bits per heavy atom. The predicted molar refractivity (Wildman–Crippen MR) is 70.3 cm³/mol. The highest BCUT2D eigenvalue weighted by atomic mass is 79.9. The fraction of sp³-hybridized carbons (Fsp3) is 0. The Bertz CT molecular complexity index is 632. The number of ether oxygens (including phenoxy) is 1. The maximum Gasteiger partial charge on any atom is 0.343 e. The van der Waals surface area contributed by atoms with E-state index in [1.807, 2.05) is 12.1 Å². The standard InChI is InChI=1S/C14H8BrNO2/c15-12-6-3-5-10(8-12)14(17)18-13-7-2-1-4-11(13)9-16/h1-8H. The van der Waals surface area contributed by atoms with Crippen LogP contribution in [0.3, 0.4) is 0 Å². The van der Waals surface area contributed by atoms with Crippen LogP contribution in [0.5, 0.6) is 5.75 Å². The average Bonchev–Trinajstić information content (AvgIpc) is 2.39. The number of para-hydroxylation sites is 1. The number of benzene rings is 2. The number of halogens is 1. The van der Waals surface area contributed by atoms with Crippen LogP contribution in [0.2, 0.25) is 0 Å². The van der Waals surface area contributed by atoms with E-state index in [0.29, 0.717) is 11.1 Å². The zero-order valence-electron chi connectivity index (χ0n) is 9.26. The van der Waals surface area contributed by atoms with Crippen molar-refractivity contribution in [2.24, 2.45) is 0 Å². The number of nitriles is 1. The van der Waals surface area contributed by atoms with E-state index in [1.165, 1.54) is 0 Å². The number of carbonyl (C=O) groups is 1. The number of esters is 1. The van der Waals surface area contributed by atoms with Gasteiger partial charge >= 0.3 is 5.97 Å². The van der Waals surface area contributed by atoms with Gasteiger partial charge in [-0.05, 0) is 30.3 Å². The summed E-state index contributed by atoms with van der Waals surface area (Å²) in [4.78, 5) is 11.9. The van der Waals surface area contributed by atoms with E-state index < -0.39 is 5.97 Å². The van der Waals surface area contributed by atoms with Gasteiger partial charge in [0.25, 0.3) is 0 Å². The van der Waals surface area contributed by atoms with Gasteiger partial charge in [-0.15, -0.1) is 0 Å². The lowest BCUT2D eigenvalue weighted by Crippen LogP contribution is -2.09. The first-order valence-corrected chi connectivity index (χ1v) is 5.97. The van der Waals surface area contributed by atoms with Gasteiger partial charge in [0.05, 0.1) is 11.1 Å². The minimum absolute atomic E-state index is 0.268. The molecular weight excluding hydrogens is 294 g/mol. The van der Waals surface area contributed by atoms with Gasteiger partial charge in [-0.1, -0.05) is 34.1 Å². The first kappa shape index (κ1) is 12.3. The summed E-state index contributed by atoms with van der Waals surface area (Å²) in [5.74, 6) is -0.219. The first-order chi connectivity index (χ1) is 8.70. The van der Waals surface area contributed by atoms with Crippen LogP contribution in [0.1, 0.15) is 15.9 Å². The fourth-order valence-electron chi connectivity index (χ4n) is 1.42. The molecule has 0 atom stereocenters. The zero-order valence-corrected chi connectivity index (χ0v) is 10.8. The predicted octanol–water partition coefficient (Wildman–Crippen LogP) is 3.54. The first-order valence-electron chi connectivity index (χ1n) is 5.17. The smallest absolute Gasteiger partial charge is 0.343 e. The molecule has 88 valence electrons. The Morgan fingerprint density at radius 3 is 2.67 bits per heavy atom. The van der Waals surface area contributed by atoms with Crippen molar-refractivity contribution in [3.63, 3.8) is 0 Å². The molecule has 0 aliphatic rings. The van der Waals surface area contributed by atoms with Crippen molar-refractivity contribution in [3.05, 3.63) is 64.1 Å². The van der Waals surface area contributed by atoms with E-state index in [2.05, 4.69) is 15.9 Å². The van der Waals surface area contributed by atoms with Gasteiger partial charge in [-0.3, -0.25) is 0 Å². The van der Waals surface area contributed by atoms with Crippen LogP contribution in [0.25, 0.3) is 0 Å². The van der Waals surface area contributed by atoms with E-state index in [0.717, 1.165) is 4.47 Å². The second-order valence-corrected chi connectivity index (χ2v) is 4.42.